The molecule has 0 bridgehead atoms. The molecule has 2 aromatic rings. The van der Waals surface area contributed by atoms with Gasteiger partial charge in [0.25, 0.3) is 0 Å². The molecule has 1 N–H and O–H groups in total. The third kappa shape index (κ3) is 4.59. The van der Waals surface area contributed by atoms with Gasteiger partial charge in [-0.05, 0) is 85.2 Å². The fraction of sp³-hybridized carbons (Fsp3) is 0.593. The molecule has 1 aromatic heterocycles. The van der Waals surface area contributed by atoms with Gasteiger partial charge in [0, 0.05) is 12.0 Å². The standard InChI is InChI=1S/C27H36BN3O5/c1-24(2,3)34-23(33)31-20(17-11-12-17)16-21(30-31)29-22(32)27(13-14-27)18-9-8-10-19(15-18)28-35-25(4,5)26(6,7)36-28/h8-10,15-17H,11-14H2,1-7H3,(H,29,30,32). The van der Waals surface area contributed by atoms with Crippen molar-refractivity contribution in [3.8, 4) is 0 Å². The Hall–Kier alpha value is -2.65. The Morgan fingerprint density at radius 2 is 1.72 bits per heavy atom. The number of benzene rings is 1. The first kappa shape index (κ1) is 25.0. The maximum Gasteiger partial charge on any atom is 0.494 e. The highest BCUT2D eigenvalue weighted by molar-refractivity contribution is 6.62. The number of nitrogens with one attached hydrogen (secondary N) is 1. The minimum atomic E-state index is -0.631. The van der Waals surface area contributed by atoms with Crippen LogP contribution in [0.1, 0.15) is 91.3 Å². The number of amides is 1. The predicted octanol–water partition coefficient (Wildman–Crippen LogP) is 4.51. The number of hydrogen-bond acceptors (Lipinski definition) is 6. The van der Waals surface area contributed by atoms with Gasteiger partial charge in [-0.1, -0.05) is 24.3 Å². The van der Waals surface area contributed by atoms with Gasteiger partial charge in [-0.2, -0.15) is 4.68 Å². The molecule has 0 spiro atoms. The summed E-state index contributed by atoms with van der Waals surface area (Å²) in [6, 6.07) is 9.73. The molecule has 9 heteroatoms. The molecule has 8 nitrogen and oxygen atoms in total. The van der Waals surface area contributed by atoms with E-state index in [0.29, 0.717) is 5.82 Å². The summed E-state index contributed by atoms with van der Waals surface area (Å²) < 4.78 is 19.3. The molecule has 3 aliphatic rings. The van der Waals surface area contributed by atoms with E-state index in [1.807, 2.05) is 72.7 Å². The van der Waals surface area contributed by atoms with E-state index in [9.17, 15) is 9.59 Å². The summed E-state index contributed by atoms with van der Waals surface area (Å²) in [5.41, 5.74) is 0.481. The summed E-state index contributed by atoms with van der Waals surface area (Å²) in [5, 5.41) is 7.39. The zero-order valence-corrected chi connectivity index (χ0v) is 22.3. The van der Waals surface area contributed by atoms with Crippen LogP contribution in [0.2, 0.25) is 0 Å². The Balaban J connectivity index is 1.35. The summed E-state index contributed by atoms with van der Waals surface area (Å²) in [5.74, 6) is 0.521. The minimum absolute atomic E-state index is 0.121. The van der Waals surface area contributed by atoms with Crippen molar-refractivity contribution in [1.82, 2.24) is 9.78 Å². The lowest BCUT2D eigenvalue weighted by Crippen LogP contribution is -2.41. The number of hydrogen-bond donors (Lipinski definition) is 1. The van der Waals surface area contributed by atoms with Crippen LogP contribution in [0.25, 0.3) is 0 Å². The molecule has 0 radical (unpaired) electrons. The fourth-order valence-corrected chi connectivity index (χ4v) is 4.55. The first-order valence-electron chi connectivity index (χ1n) is 12.8. The number of anilines is 1. The number of carbonyl (C=O) groups excluding carboxylic acids is 2. The van der Waals surface area contributed by atoms with Gasteiger partial charge >= 0.3 is 13.2 Å². The van der Waals surface area contributed by atoms with E-state index in [1.165, 1.54) is 4.68 Å². The lowest BCUT2D eigenvalue weighted by Gasteiger charge is -2.32. The topological polar surface area (TPSA) is 91.7 Å². The van der Waals surface area contributed by atoms with Crippen molar-refractivity contribution in [2.75, 3.05) is 5.32 Å². The summed E-state index contributed by atoms with van der Waals surface area (Å²) >= 11 is 0. The first-order chi connectivity index (χ1) is 16.7. The third-order valence-electron chi connectivity index (χ3n) is 7.69. The Morgan fingerprint density at radius 1 is 1.08 bits per heavy atom. The second-order valence-electron chi connectivity index (χ2n) is 12.4. The van der Waals surface area contributed by atoms with Crippen molar-refractivity contribution < 1.29 is 23.6 Å². The van der Waals surface area contributed by atoms with Crippen molar-refractivity contribution in [2.45, 2.75) is 102 Å². The summed E-state index contributed by atoms with van der Waals surface area (Å²) in [4.78, 5) is 26.2. The maximum atomic E-state index is 13.5. The van der Waals surface area contributed by atoms with Gasteiger partial charge in [0.05, 0.1) is 22.3 Å². The highest BCUT2D eigenvalue weighted by Crippen LogP contribution is 2.49. The van der Waals surface area contributed by atoms with Gasteiger partial charge in [0.1, 0.15) is 5.60 Å². The van der Waals surface area contributed by atoms with E-state index in [-0.39, 0.29) is 11.8 Å². The molecular weight excluding hydrogens is 457 g/mol. The smallest absolute Gasteiger partial charge is 0.442 e. The molecule has 0 atom stereocenters. The molecule has 5 rings (SSSR count). The number of carbonyl (C=O) groups is 2. The van der Waals surface area contributed by atoms with Crippen LogP contribution in [0.5, 0.6) is 0 Å². The molecule has 1 saturated heterocycles. The highest BCUT2D eigenvalue weighted by atomic mass is 16.7. The molecule has 2 aliphatic carbocycles. The lowest BCUT2D eigenvalue weighted by atomic mass is 9.77. The molecule has 2 heterocycles. The van der Waals surface area contributed by atoms with E-state index < -0.39 is 35.4 Å². The van der Waals surface area contributed by atoms with Crippen molar-refractivity contribution in [3.05, 3.63) is 41.6 Å². The molecule has 36 heavy (non-hydrogen) atoms. The van der Waals surface area contributed by atoms with Gasteiger partial charge in [0.2, 0.25) is 5.91 Å². The van der Waals surface area contributed by atoms with E-state index >= 15 is 0 Å². The molecule has 3 fully saturated rings. The first-order valence-corrected chi connectivity index (χ1v) is 12.8. The summed E-state index contributed by atoms with van der Waals surface area (Å²) in [6.07, 6.45) is 2.96. The van der Waals surface area contributed by atoms with Gasteiger partial charge in [-0.3, -0.25) is 4.79 Å². The van der Waals surface area contributed by atoms with Crippen molar-refractivity contribution in [2.24, 2.45) is 0 Å². The van der Waals surface area contributed by atoms with Gasteiger partial charge in [0.15, 0.2) is 5.82 Å². The van der Waals surface area contributed by atoms with Crippen molar-refractivity contribution in [3.63, 3.8) is 0 Å². The molecule has 1 amide bonds. The molecule has 192 valence electrons. The SMILES string of the molecule is CC(C)(C)OC(=O)n1nc(NC(=O)C2(c3cccc(B4OC(C)(C)C(C)(C)O4)c3)CC2)cc1C1CC1. The maximum absolute atomic E-state index is 13.5. The highest BCUT2D eigenvalue weighted by Gasteiger charge is 2.54. The summed E-state index contributed by atoms with van der Waals surface area (Å²) in [7, 11) is -0.487. The van der Waals surface area contributed by atoms with E-state index in [2.05, 4.69) is 10.4 Å². The van der Waals surface area contributed by atoms with Crippen LogP contribution in [0, 0.1) is 0 Å². The molecule has 0 unspecified atom stereocenters. The molecule has 1 aliphatic heterocycles. The van der Waals surface area contributed by atoms with Gasteiger partial charge in [-0.25, -0.2) is 4.79 Å². The average molecular weight is 493 g/mol. The molecular formula is C27H36BN3O5. The number of rotatable bonds is 5. The Kier molecular flexibility index (Phi) is 5.69. The fourth-order valence-electron chi connectivity index (χ4n) is 4.55. The summed E-state index contributed by atoms with van der Waals surface area (Å²) in [6.45, 7) is 13.6. The van der Waals surface area contributed by atoms with Crippen LogP contribution in [-0.4, -0.2) is 45.7 Å². The van der Waals surface area contributed by atoms with Crippen molar-refractivity contribution in [1.29, 1.82) is 0 Å². The number of aromatic nitrogens is 2. The van der Waals surface area contributed by atoms with Crippen LogP contribution < -0.4 is 10.8 Å². The average Bonchev–Trinajstić information content (AvgIpc) is 3.68. The monoisotopic (exact) mass is 493 g/mol. The van der Waals surface area contributed by atoms with Crippen LogP contribution in [0.3, 0.4) is 0 Å². The second kappa shape index (κ2) is 8.18. The molecule has 2 saturated carbocycles. The third-order valence-corrected chi connectivity index (χ3v) is 7.69. The Bertz CT molecular complexity index is 1190. The van der Waals surface area contributed by atoms with Gasteiger partial charge in [-0.15, -0.1) is 5.10 Å². The minimum Gasteiger partial charge on any atom is -0.442 e. The number of nitrogens with zero attached hydrogens (tertiary/aromatic N) is 2. The number of ether oxygens (including phenoxy) is 1. The lowest BCUT2D eigenvalue weighted by molar-refractivity contribution is -0.118. The van der Waals surface area contributed by atoms with Crippen LogP contribution >= 0.6 is 0 Å². The quantitative estimate of drug-likeness (QED) is 0.617. The molecule has 1 aromatic carbocycles. The normalized spacial score (nSPS) is 21.8. The van der Waals surface area contributed by atoms with E-state index in [1.54, 1.807) is 6.07 Å². The Labute approximate surface area is 213 Å². The van der Waals surface area contributed by atoms with Crippen LogP contribution in [-0.2, 0) is 24.3 Å². The van der Waals surface area contributed by atoms with E-state index in [0.717, 1.165) is 42.4 Å². The van der Waals surface area contributed by atoms with Crippen LogP contribution in [0.15, 0.2) is 30.3 Å². The zero-order valence-electron chi connectivity index (χ0n) is 22.3. The van der Waals surface area contributed by atoms with Gasteiger partial charge < -0.3 is 19.4 Å². The van der Waals surface area contributed by atoms with Crippen LogP contribution in [0.4, 0.5) is 10.6 Å². The van der Waals surface area contributed by atoms with Crippen molar-refractivity contribution >= 4 is 30.4 Å². The van der Waals surface area contributed by atoms with E-state index in [4.69, 9.17) is 14.0 Å². The Morgan fingerprint density at radius 3 is 2.28 bits per heavy atom. The largest absolute Gasteiger partial charge is 0.494 e. The predicted molar refractivity (Wildman–Crippen MR) is 138 cm³/mol. The second-order valence-corrected chi connectivity index (χ2v) is 12.4. The zero-order chi connectivity index (χ0) is 26.1.